The van der Waals surface area contributed by atoms with Crippen LogP contribution in [-0.4, -0.2) is 20.1 Å². The molecule has 4 nitrogen and oxygen atoms in total. The van der Waals surface area contributed by atoms with Gasteiger partial charge < -0.3 is 4.18 Å². The Morgan fingerprint density at radius 1 is 1.60 bits per heavy atom. The summed E-state index contributed by atoms with van der Waals surface area (Å²) in [5.41, 5.74) is 0. The monoisotopic (exact) mass is 164 g/mol. The van der Waals surface area contributed by atoms with Crippen LogP contribution in [0, 0.1) is 5.92 Å². The van der Waals surface area contributed by atoms with Crippen molar-refractivity contribution in [2.45, 2.75) is 13.3 Å². The van der Waals surface area contributed by atoms with Crippen LogP contribution >= 0.6 is 0 Å². The second-order valence-electron chi connectivity index (χ2n) is 2.49. The quantitative estimate of drug-likeness (QED) is 0.469. The number of carbonyl (C=O) groups is 1. The summed E-state index contributed by atoms with van der Waals surface area (Å²) in [7, 11) is -3.53. The highest BCUT2D eigenvalue weighted by Crippen LogP contribution is 2.15. The lowest BCUT2D eigenvalue weighted by atomic mass is 10.1. The predicted octanol–water partition coefficient (Wildman–Crippen LogP) is -0.101. The molecular weight excluding hydrogens is 156 g/mol. The first-order valence-electron chi connectivity index (χ1n) is 2.94. The van der Waals surface area contributed by atoms with E-state index < -0.39 is 16.1 Å². The Kier molecular flexibility index (Phi) is 1.68. The third-order valence-electron chi connectivity index (χ3n) is 1.22. The van der Waals surface area contributed by atoms with Gasteiger partial charge >= 0.3 is 16.1 Å². The molecule has 0 aromatic carbocycles. The van der Waals surface area contributed by atoms with Gasteiger partial charge in [-0.3, -0.25) is 4.79 Å². The zero-order valence-corrected chi connectivity index (χ0v) is 6.35. The van der Waals surface area contributed by atoms with Gasteiger partial charge in [0.25, 0.3) is 0 Å². The zero-order chi connectivity index (χ0) is 7.78. The molecule has 0 aromatic rings. The van der Waals surface area contributed by atoms with Gasteiger partial charge in [-0.05, 0) is 5.92 Å². The van der Waals surface area contributed by atoms with Crippen molar-refractivity contribution in [2.75, 3.05) is 5.75 Å². The van der Waals surface area contributed by atoms with E-state index in [-0.39, 0.29) is 18.1 Å². The second-order valence-corrected chi connectivity index (χ2v) is 4.10. The van der Waals surface area contributed by atoms with Gasteiger partial charge in [0.2, 0.25) is 0 Å². The highest BCUT2D eigenvalue weighted by atomic mass is 32.2. The van der Waals surface area contributed by atoms with Crippen LogP contribution in [-0.2, 0) is 19.1 Å². The lowest BCUT2D eigenvalue weighted by molar-refractivity contribution is -0.135. The van der Waals surface area contributed by atoms with E-state index >= 15 is 0 Å². The van der Waals surface area contributed by atoms with Gasteiger partial charge in [-0.2, -0.15) is 8.42 Å². The second kappa shape index (κ2) is 2.23. The van der Waals surface area contributed by atoms with Crippen molar-refractivity contribution < 1.29 is 17.4 Å². The summed E-state index contributed by atoms with van der Waals surface area (Å²) >= 11 is 0. The fraction of sp³-hybridized carbons (Fsp3) is 0.800. The molecule has 1 heterocycles. The molecule has 1 aliphatic rings. The molecule has 1 atom stereocenters. The van der Waals surface area contributed by atoms with E-state index in [9.17, 15) is 13.2 Å². The first-order valence-corrected chi connectivity index (χ1v) is 4.52. The Bertz CT molecular complexity index is 240. The standard InChI is InChI=1S/C5H8O4S/c1-4-2-5(6)9-10(7,8)3-4/h4H,2-3H2,1H3. The summed E-state index contributed by atoms with van der Waals surface area (Å²) in [6.45, 7) is 1.71. The maximum absolute atomic E-state index is 10.6. The maximum atomic E-state index is 10.6. The molecule has 1 saturated heterocycles. The van der Waals surface area contributed by atoms with E-state index in [0.29, 0.717) is 0 Å². The molecule has 1 unspecified atom stereocenters. The van der Waals surface area contributed by atoms with Crippen molar-refractivity contribution >= 4 is 16.1 Å². The van der Waals surface area contributed by atoms with Crippen molar-refractivity contribution in [1.82, 2.24) is 0 Å². The van der Waals surface area contributed by atoms with Crippen LogP contribution in [0.15, 0.2) is 0 Å². The molecule has 1 fully saturated rings. The van der Waals surface area contributed by atoms with Crippen LogP contribution in [0.4, 0.5) is 0 Å². The minimum absolute atomic E-state index is 0.0429. The van der Waals surface area contributed by atoms with Crippen LogP contribution in [0.3, 0.4) is 0 Å². The summed E-state index contributed by atoms with van der Waals surface area (Å²) in [6.07, 6.45) is 0.208. The first-order chi connectivity index (χ1) is 4.49. The van der Waals surface area contributed by atoms with Gasteiger partial charge in [0.15, 0.2) is 0 Å². The summed E-state index contributed by atoms with van der Waals surface area (Å²) in [6, 6.07) is 0. The lowest BCUT2D eigenvalue weighted by Crippen LogP contribution is -2.28. The van der Waals surface area contributed by atoms with Gasteiger partial charge in [0.1, 0.15) is 0 Å². The molecule has 1 rings (SSSR count). The Hall–Kier alpha value is -0.580. The molecule has 0 spiro atoms. The largest absolute Gasteiger partial charge is 0.346 e. The maximum Gasteiger partial charge on any atom is 0.322 e. The molecule has 0 N–H and O–H groups in total. The van der Waals surface area contributed by atoms with E-state index in [1.807, 2.05) is 0 Å². The summed E-state index contributed by atoms with van der Waals surface area (Å²) in [5, 5.41) is 0. The number of hydrogen-bond acceptors (Lipinski definition) is 4. The molecule has 1 aliphatic heterocycles. The molecule has 0 aliphatic carbocycles. The molecule has 10 heavy (non-hydrogen) atoms. The fourth-order valence-corrected chi connectivity index (χ4v) is 2.14. The van der Waals surface area contributed by atoms with E-state index in [1.54, 1.807) is 6.92 Å². The Balaban J connectivity index is 2.79. The lowest BCUT2D eigenvalue weighted by Gasteiger charge is -2.16. The molecule has 5 heteroatoms. The van der Waals surface area contributed by atoms with Crippen molar-refractivity contribution in [3.05, 3.63) is 0 Å². The average molecular weight is 164 g/mol. The highest BCUT2D eigenvalue weighted by molar-refractivity contribution is 7.87. The summed E-state index contributed by atoms with van der Waals surface area (Å²) < 4.78 is 25.3. The molecule has 0 aromatic heterocycles. The van der Waals surface area contributed by atoms with Crippen molar-refractivity contribution in [1.29, 1.82) is 0 Å². The highest BCUT2D eigenvalue weighted by Gasteiger charge is 2.28. The van der Waals surface area contributed by atoms with Crippen LogP contribution in [0.2, 0.25) is 0 Å². The predicted molar refractivity (Wildman–Crippen MR) is 33.7 cm³/mol. The van der Waals surface area contributed by atoms with Crippen molar-refractivity contribution in [3.63, 3.8) is 0 Å². The molecule has 0 saturated carbocycles. The summed E-state index contributed by atoms with van der Waals surface area (Å²) in [4.78, 5) is 10.5. The van der Waals surface area contributed by atoms with Crippen LogP contribution in [0.25, 0.3) is 0 Å². The summed E-state index contributed by atoms with van der Waals surface area (Å²) in [5.74, 6) is -0.788. The van der Waals surface area contributed by atoms with E-state index in [1.165, 1.54) is 0 Å². The zero-order valence-electron chi connectivity index (χ0n) is 5.53. The van der Waals surface area contributed by atoms with Gasteiger partial charge in [-0.15, -0.1) is 0 Å². The molecule has 0 amide bonds. The van der Waals surface area contributed by atoms with Gasteiger partial charge in [0.05, 0.1) is 12.2 Å². The first kappa shape index (κ1) is 7.53. The topological polar surface area (TPSA) is 60.4 Å². The van der Waals surface area contributed by atoms with Crippen molar-refractivity contribution in [2.24, 2.45) is 5.92 Å². The minimum atomic E-state index is -3.53. The average Bonchev–Trinajstić information content (AvgIpc) is 1.54. The third kappa shape index (κ3) is 1.70. The van der Waals surface area contributed by atoms with Crippen molar-refractivity contribution in [3.8, 4) is 0 Å². The smallest absolute Gasteiger partial charge is 0.322 e. The van der Waals surface area contributed by atoms with E-state index in [4.69, 9.17) is 0 Å². The SMILES string of the molecule is CC1CC(=O)OS(=O)(=O)C1. The van der Waals surface area contributed by atoms with Crippen LogP contribution in [0.5, 0.6) is 0 Å². The number of rotatable bonds is 0. The van der Waals surface area contributed by atoms with Crippen LogP contribution in [0.1, 0.15) is 13.3 Å². The normalized spacial score (nSPS) is 31.3. The van der Waals surface area contributed by atoms with Crippen LogP contribution < -0.4 is 0 Å². The Morgan fingerprint density at radius 3 is 2.60 bits per heavy atom. The molecular formula is C5H8O4S. The Labute approximate surface area is 59.3 Å². The Morgan fingerprint density at radius 2 is 2.20 bits per heavy atom. The number of hydrogen-bond donors (Lipinski definition) is 0. The molecule has 0 bridgehead atoms. The third-order valence-corrected chi connectivity index (χ3v) is 2.64. The van der Waals surface area contributed by atoms with Gasteiger partial charge in [-0.1, -0.05) is 6.92 Å². The fourth-order valence-electron chi connectivity index (χ4n) is 0.902. The van der Waals surface area contributed by atoms with E-state index in [2.05, 4.69) is 4.18 Å². The van der Waals surface area contributed by atoms with Gasteiger partial charge in [0, 0.05) is 0 Å². The minimum Gasteiger partial charge on any atom is -0.346 e. The van der Waals surface area contributed by atoms with Gasteiger partial charge in [-0.25, -0.2) is 0 Å². The van der Waals surface area contributed by atoms with E-state index in [0.717, 1.165) is 0 Å². The molecule has 58 valence electrons. The molecule has 0 radical (unpaired) electrons. The number of carbonyl (C=O) groups excluding carboxylic acids is 1.